The number of carbonyl (C=O) groups excluding carboxylic acids is 1. The van der Waals surface area contributed by atoms with Gasteiger partial charge in [0.15, 0.2) is 0 Å². The molecule has 7 nitrogen and oxygen atoms in total. The Kier molecular flexibility index (Phi) is 8.44. The summed E-state index contributed by atoms with van der Waals surface area (Å²) in [4.78, 5) is 14.2. The molecule has 0 aliphatic carbocycles. The number of nitrogens with zero attached hydrogens (tertiary/aromatic N) is 2. The SMILES string of the molecule is CCOC(=O)c1ccc(S(=O)(=O)N(CC(O)CC(C)(C)C)C2CCN(C)CC2)cc1. The molecule has 1 aromatic carbocycles. The van der Waals surface area contributed by atoms with Gasteiger partial charge < -0.3 is 14.7 Å². The van der Waals surface area contributed by atoms with E-state index in [1.165, 1.54) is 28.6 Å². The molecule has 8 heteroatoms. The average Bonchev–Trinajstić information content (AvgIpc) is 2.66. The van der Waals surface area contributed by atoms with Crippen molar-refractivity contribution in [2.75, 3.05) is 33.3 Å². The second-order valence-electron chi connectivity index (χ2n) is 9.27. The van der Waals surface area contributed by atoms with Crippen LogP contribution in [0.4, 0.5) is 0 Å². The predicted molar refractivity (Wildman–Crippen MR) is 117 cm³/mol. The monoisotopic (exact) mass is 440 g/mol. The molecule has 1 heterocycles. The molecule has 1 aliphatic heterocycles. The number of ether oxygens (including phenoxy) is 1. The first-order valence-electron chi connectivity index (χ1n) is 10.6. The molecule has 1 unspecified atom stereocenters. The maximum absolute atomic E-state index is 13.5. The Labute approximate surface area is 181 Å². The Morgan fingerprint density at radius 2 is 1.80 bits per heavy atom. The normalized spacial score (nSPS) is 17.8. The van der Waals surface area contributed by atoms with Crippen molar-refractivity contribution >= 4 is 16.0 Å². The van der Waals surface area contributed by atoms with Crippen LogP contribution in [0.3, 0.4) is 0 Å². The maximum atomic E-state index is 13.5. The number of likely N-dealkylation sites (tertiary alicyclic amines) is 1. The van der Waals surface area contributed by atoms with Crippen molar-refractivity contribution in [1.82, 2.24) is 9.21 Å². The molecule has 0 saturated carbocycles. The zero-order valence-electron chi connectivity index (χ0n) is 18.8. The molecule has 0 aromatic heterocycles. The van der Waals surface area contributed by atoms with E-state index >= 15 is 0 Å². The number of carbonyl (C=O) groups is 1. The van der Waals surface area contributed by atoms with Crippen molar-refractivity contribution in [3.05, 3.63) is 29.8 Å². The molecule has 2 rings (SSSR count). The molecular formula is C22H36N2O5S. The average molecular weight is 441 g/mol. The third-order valence-corrected chi connectivity index (χ3v) is 7.24. The van der Waals surface area contributed by atoms with Gasteiger partial charge in [-0.05, 0) is 76.0 Å². The Hall–Kier alpha value is -1.48. The lowest BCUT2D eigenvalue weighted by Gasteiger charge is -2.38. The number of aliphatic hydroxyl groups is 1. The molecule has 1 atom stereocenters. The van der Waals surface area contributed by atoms with E-state index in [4.69, 9.17) is 4.74 Å². The highest BCUT2D eigenvalue weighted by molar-refractivity contribution is 7.89. The first-order chi connectivity index (χ1) is 13.9. The minimum absolute atomic E-state index is 0.0631. The standard InChI is InChI=1S/C22H36N2O5S/c1-6-29-21(26)17-7-9-20(10-8-17)30(27,28)24(16-19(25)15-22(2,3)4)18-11-13-23(5)14-12-18/h7-10,18-19,25H,6,11-16H2,1-5H3. The second kappa shape index (κ2) is 10.2. The molecule has 0 amide bonds. The van der Waals surface area contributed by atoms with Gasteiger partial charge in [0, 0.05) is 12.6 Å². The summed E-state index contributed by atoms with van der Waals surface area (Å²) >= 11 is 0. The Bertz CT molecular complexity index is 794. The summed E-state index contributed by atoms with van der Waals surface area (Å²) in [5, 5.41) is 10.6. The van der Waals surface area contributed by atoms with Gasteiger partial charge in [-0.2, -0.15) is 4.31 Å². The van der Waals surface area contributed by atoms with Crippen LogP contribution in [0.2, 0.25) is 0 Å². The van der Waals surface area contributed by atoms with Crippen molar-refractivity contribution in [3.8, 4) is 0 Å². The quantitative estimate of drug-likeness (QED) is 0.626. The van der Waals surface area contributed by atoms with Crippen LogP contribution in [0.5, 0.6) is 0 Å². The summed E-state index contributed by atoms with van der Waals surface area (Å²) in [6.45, 7) is 9.75. The van der Waals surface area contributed by atoms with E-state index in [1.54, 1.807) is 6.92 Å². The second-order valence-corrected chi connectivity index (χ2v) is 11.2. The number of piperidine rings is 1. The molecule has 0 spiro atoms. The zero-order chi connectivity index (χ0) is 22.5. The van der Waals surface area contributed by atoms with Gasteiger partial charge in [-0.15, -0.1) is 0 Å². The van der Waals surface area contributed by atoms with Crippen molar-refractivity contribution in [3.63, 3.8) is 0 Å². The summed E-state index contributed by atoms with van der Waals surface area (Å²) in [6, 6.07) is 5.68. The molecule has 1 aliphatic rings. The van der Waals surface area contributed by atoms with Gasteiger partial charge in [0.2, 0.25) is 10.0 Å². The maximum Gasteiger partial charge on any atom is 0.338 e. The molecule has 30 heavy (non-hydrogen) atoms. The van der Waals surface area contributed by atoms with E-state index in [1.807, 2.05) is 27.8 Å². The molecule has 0 bridgehead atoms. The number of rotatable bonds is 8. The van der Waals surface area contributed by atoms with Crippen LogP contribution in [0.15, 0.2) is 29.2 Å². The number of esters is 1. The highest BCUT2D eigenvalue weighted by atomic mass is 32.2. The third-order valence-electron chi connectivity index (χ3n) is 5.31. The van der Waals surface area contributed by atoms with Gasteiger partial charge in [-0.3, -0.25) is 0 Å². The molecular weight excluding hydrogens is 404 g/mol. The van der Waals surface area contributed by atoms with Crippen molar-refractivity contribution in [1.29, 1.82) is 0 Å². The van der Waals surface area contributed by atoms with E-state index < -0.39 is 22.1 Å². The predicted octanol–water partition coefficient (Wildman–Crippen LogP) is 2.75. The number of benzene rings is 1. The van der Waals surface area contributed by atoms with Gasteiger partial charge in [-0.1, -0.05) is 20.8 Å². The number of sulfonamides is 1. The zero-order valence-corrected chi connectivity index (χ0v) is 19.6. The van der Waals surface area contributed by atoms with Gasteiger partial charge in [0.1, 0.15) is 0 Å². The van der Waals surface area contributed by atoms with E-state index in [2.05, 4.69) is 4.90 Å². The van der Waals surface area contributed by atoms with E-state index in [0.717, 1.165) is 25.9 Å². The topological polar surface area (TPSA) is 87.2 Å². The van der Waals surface area contributed by atoms with Gasteiger partial charge in [0.25, 0.3) is 0 Å². The minimum atomic E-state index is -3.82. The van der Waals surface area contributed by atoms with Gasteiger partial charge >= 0.3 is 5.97 Å². The fourth-order valence-electron chi connectivity index (χ4n) is 3.82. The number of hydrogen-bond acceptors (Lipinski definition) is 6. The smallest absolute Gasteiger partial charge is 0.338 e. The molecule has 1 N–H and O–H groups in total. The summed E-state index contributed by atoms with van der Waals surface area (Å²) in [6.07, 6.45) is 1.20. The van der Waals surface area contributed by atoms with Crippen LogP contribution in [-0.4, -0.2) is 74.1 Å². The fourth-order valence-corrected chi connectivity index (χ4v) is 5.54. The summed E-state index contributed by atoms with van der Waals surface area (Å²) in [7, 11) is -1.80. The van der Waals surface area contributed by atoms with Crippen LogP contribution in [0.1, 0.15) is 57.3 Å². The van der Waals surface area contributed by atoms with Crippen molar-refractivity contribution < 1.29 is 23.1 Å². The van der Waals surface area contributed by atoms with Crippen LogP contribution in [-0.2, 0) is 14.8 Å². The number of aliphatic hydroxyl groups excluding tert-OH is 1. The van der Waals surface area contributed by atoms with E-state index in [-0.39, 0.29) is 29.5 Å². The van der Waals surface area contributed by atoms with Gasteiger partial charge in [-0.25, -0.2) is 13.2 Å². The Morgan fingerprint density at radius 1 is 1.23 bits per heavy atom. The molecule has 170 valence electrons. The molecule has 1 aromatic rings. The Morgan fingerprint density at radius 3 is 2.30 bits per heavy atom. The third kappa shape index (κ3) is 6.77. The van der Waals surface area contributed by atoms with Crippen LogP contribution >= 0.6 is 0 Å². The molecule has 1 saturated heterocycles. The lowest BCUT2D eigenvalue weighted by molar-refractivity contribution is 0.0526. The van der Waals surface area contributed by atoms with Crippen LogP contribution in [0.25, 0.3) is 0 Å². The lowest BCUT2D eigenvalue weighted by atomic mass is 9.89. The van der Waals surface area contributed by atoms with Gasteiger partial charge in [0.05, 0.1) is 23.2 Å². The highest BCUT2D eigenvalue weighted by Crippen LogP contribution is 2.27. The Balaban J connectivity index is 2.29. The van der Waals surface area contributed by atoms with Crippen LogP contribution in [0, 0.1) is 5.41 Å². The van der Waals surface area contributed by atoms with E-state index in [0.29, 0.717) is 12.0 Å². The summed E-state index contributed by atoms with van der Waals surface area (Å²) < 4.78 is 33.4. The first-order valence-corrected chi connectivity index (χ1v) is 12.0. The minimum Gasteiger partial charge on any atom is -0.462 e. The molecule has 1 fully saturated rings. The highest BCUT2D eigenvalue weighted by Gasteiger charge is 2.35. The van der Waals surface area contributed by atoms with Crippen molar-refractivity contribution in [2.24, 2.45) is 5.41 Å². The number of hydrogen-bond donors (Lipinski definition) is 1. The molecule has 0 radical (unpaired) electrons. The first kappa shape index (κ1) is 24.8. The van der Waals surface area contributed by atoms with Crippen LogP contribution < -0.4 is 0 Å². The lowest BCUT2D eigenvalue weighted by Crippen LogP contribution is -2.49. The summed E-state index contributed by atoms with van der Waals surface area (Å²) in [5.41, 5.74) is 0.206. The van der Waals surface area contributed by atoms with Crippen molar-refractivity contribution in [2.45, 2.75) is 64.0 Å². The summed E-state index contributed by atoms with van der Waals surface area (Å²) in [5.74, 6) is -0.478. The fraction of sp³-hybridized carbons (Fsp3) is 0.682. The van der Waals surface area contributed by atoms with E-state index in [9.17, 15) is 18.3 Å². The largest absolute Gasteiger partial charge is 0.462 e.